The number of nitrogens with two attached hydrogens (primary N) is 2. The van der Waals surface area contributed by atoms with E-state index in [2.05, 4.69) is 28.4 Å². The molecule has 0 heterocycles. The van der Waals surface area contributed by atoms with Gasteiger partial charge in [-0.05, 0) is 6.42 Å². The Morgan fingerprint density at radius 3 is 2.50 bits per heavy atom. The summed E-state index contributed by atoms with van der Waals surface area (Å²) in [6.45, 7) is 5.18. The zero-order chi connectivity index (χ0) is 15.2. The molecule has 8 N–H and O–H groups in total. The van der Waals surface area contributed by atoms with Crippen molar-refractivity contribution >= 4 is 11.8 Å². The SMILES string of the molecule is CCCCNN[C@@H](CC(N)=O)C(=O)NCCNCCN. The summed E-state index contributed by atoms with van der Waals surface area (Å²) in [5, 5.41) is 5.80. The van der Waals surface area contributed by atoms with Crippen molar-refractivity contribution in [2.45, 2.75) is 32.2 Å². The van der Waals surface area contributed by atoms with Crippen molar-refractivity contribution in [1.29, 1.82) is 0 Å². The summed E-state index contributed by atoms with van der Waals surface area (Å²) in [5.74, 6) is -0.765. The van der Waals surface area contributed by atoms with Crippen molar-refractivity contribution in [2.75, 3.05) is 32.7 Å². The van der Waals surface area contributed by atoms with E-state index in [1.165, 1.54) is 0 Å². The molecule has 0 unspecified atom stereocenters. The summed E-state index contributed by atoms with van der Waals surface area (Å²) in [7, 11) is 0. The van der Waals surface area contributed by atoms with Gasteiger partial charge in [-0.15, -0.1) is 0 Å². The zero-order valence-corrected chi connectivity index (χ0v) is 12.2. The molecule has 0 aliphatic carbocycles. The number of hydrazine groups is 1. The number of rotatable bonds is 13. The maximum Gasteiger partial charge on any atom is 0.239 e. The van der Waals surface area contributed by atoms with Crippen LogP contribution in [0.3, 0.4) is 0 Å². The normalized spacial score (nSPS) is 12.1. The van der Waals surface area contributed by atoms with E-state index in [-0.39, 0.29) is 12.3 Å². The number of nitrogens with one attached hydrogen (secondary N) is 4. The van der Waals surface area contributed by atoms with E-state index in [1.54, 1.807) is 0 Å². The zero-order valence-electron chi connectivity index (χ0n) is 12.2. The van der Waals surface area contributed by atoms with Crippen LogP contribution in [-0.4, -0.2) is 50.6 Å². The number of carbonyl (C=O) groups is 2. The molecule has 0 aromatic heterocycles. The fourth-order valence-corrected chi connectivity index (χ4v) is 1.50. The van der Waals surface area contributed by atoms with Gasteiger partial charge in [0.2, 0.25) is 11.8 Å². The second-order valence-corrected chi connectivity index (χ2v) is 4.48. The fourth-order valence-electron chi connectivity index (χ4n) is 1.50. The molecule has 118 valence electrons. The van der Waals surface area contributed by atoms with Crippen molar-refractivity contribution in [3.05, 3.63) is 0 Å². The first kappa shape index (κ1) is 18.8. The van der Waals surface area contributed by atoms with Crippen LogP contribution in [0.25, 0.3) is 0 Å². The van der Waals surface area contributed by atoms with Gasteiger partial charge in [-0.1, -0.05) is 13.3 Å². The van der Waals surface area contributed by atoms with Gasteiger partial charge in [0.15, 0.2) is 0 Å². The third-order valence-corrected chi connectivity index (χ3v) is 2.58. The lowest BCUT2D eigenvalue weighted by molar-refractivity contribution is -0.127. The van der Waals surface area contributed by atoms with Crippen LogP contribution in [0, 0.1) is 0 Å². The van der Waals surface area contributed by atoms with Crippen LogP contribution in [0.1, 0.15) is 26.2 Å². The minimum absolute atomic E-state index is 0.0405. The molecule has 0 aliphatic heterocycles. The van der Waals surface area contributed by atoms with Crippen molar-refractivity contribution in [3.8, 4) is 0 Å². The minimum Gasteiger partial charge on any atom is -0.370 e. The number of unbranched alkanes of at least 4 members (excludes halogenated alkanes) is 1. The monoisotopic (exact) mass is 288 g/mol. The Balaban J connectivity index is 3.97. The number of carbonyl (C=O) groups excluding carboxylic acids is 2. The van der Waals surface area contributed by atoms with E-state index >= 15 is 0 Å². The van der Waals surface area contributed by atoms with E-state index < -0.39 is 11.9 Å². The van der Waals surface area contributed by atoms with Gasteiger partial charge in [-0.2, -0.15) is 0 Å². The first-order chi connectivity index (χ1) is 9.61. The van der Waals surface area contributed by atoms with E-state index in [4.69, 9.17) is 11.5 Å². The summed E-state index contributed by atoms with van der Waals surface area (Å²) < 4.78 is 0. The molecule has 8 nitrogen and oxygen atoms in total. The van der Waals surface area contributed by atoms with Crippen molar-refractivity contribution in [1.82, 2.24) is 21.5 Å². The Morgan fingerprint density at radius 1 is 1.15 bits per heavy atom. The van der Waals surface area contributed by atoms with Gasteiger partial charge >= 0.3 is 0 Å². The molecule has 1 atom stereocenters. The average molecular weight is 288 g/mol. The smallest absolute Gasteiger partial charge is 0.239 e. The van der Waals surface area contributed by atoms with Crippen LogP contribution in [-0.2, 0) is 9.59 Å². The van der Waals surface area contributed by atoms with Crippen LogP contribution in [0.15, 0.2) is 0 Å². The van der Waals surface area contributed by atoms with E-state index in [0.717, 1.165) is 19.4 Å². The lowest BCUT2D eigenvalue weighted by atomic mass is 10.2. The highest BCUT2D eigenvalue weighted by Gasteiger charge is 2.19. The molecule has 0 radical (unpaired) electrons. The summed E-state index contributed by atoms with van der Waals surface area (Å²) in [5.41, 5.74) is 16.2. The summed E-state index contributed by atoms with van der Waals surface area (Å²) in [4.78, 5) is 22.9. The second kappa shape index (κ2) is 12.8. The van der Waals surface area contributed by atoms with Crippen LogP contribution in [0.2, 0.25) is 0 Å². The maximum absolute atomic E-state index is 11.9. The summed E-state index contributed by atoms with van der Waals surface area (Å²) in [6, 6.07) is -0.654. The minimum atomic E-state index is -0.654. The third kappa shape index (κ3) is 10.7. The number of primary amides is 1. The maximum atomic E-state index is 11.9. The highest BCUT2D eigenvalue weighted by atomic mass is 16.2. The van der Waals surface area contributed by atoms with Gasteiger partial charge in [-0.25, -0.2) is 5.43 Å². The lowest BCUT2D eigenvalue weighted by Gasteiger charge is -2.17. The number of amides is 2. The molecule has 0 fully saturated rings. The second-order valence-electron chi connectivity index (χ2n) is 4.48. The predicted octanol–water partition coefficient (Wildman–Crippen LogP) is -2.21. The lowest BCUT2D eigenvalue weighted by Crippen LogP contribution is -2.52. The molecule has 0 aliphatic rings. The largest absolute Gasteiger partial charge is 0.370 e. The quantitative estimate of drug-likeness (QED) is 0.168. The Labute approximate surface area is 120 Å². The molecule has 0 bridgehead atoms. The Hall–Kier alpha value is -1.22. The van der Waals surface area contributed by atoms with Crippen LogP contribution in [0.4, 0.5) is 0 Å². The number of hydrogen-bond acceptors (Lipinski definition) is 6. The molecule has 0 saturated heterocycles. The molecular weight excluding hydrogens is 260 g/mol. The van der Waals surface area contributed by atoms with Gasteiger partial charge in [0.25, 0.3) is 0 Å². The Bertz CT molecular complexity index is 275. The first-order valence-corrected chi connectivity index (χ1v) is 7.07. The van der Waals surface area contributed by atoms with Crippen molar-refractivity contribution < 1.29 is 9.59 Å². The molecule has 0 rings (SSSR count). The standard InChI is InChI=1S/C12H28N6O2/c1-2-3-5-17-18-10(9-11(14)19)12(20)16-8-7-15-6-4-13/h10,15,17-18H,2-9,13H2,1H3,(H2,14,19)(H,16,20)/t10-/m0/s1. The van der Waals surface area contributed by atoms with Crippen molar-refractivity contribution in [2.24, 2.45) is 11.5 Å². The first-order valence-electron chi connectivity index (χ1n) is 7.07. The Kier molecular flexibility index (Phi) is 12.0. The number of hydrogen-bond donors (Lipinski definition) is 6. The average Bonchev–Trinajstić information content (AvgIpc) is 2.41. The van der Waals surface area contributed by atoms with Crippen LogP contribution < -0.4 is 33.0 Å². The summed E-state index contributed by atoms with van der Waals surface area (Å²) in [6.07, 6.45) is 2.00. The fraction of sp³-hybridized carbons (Fsp3) is 0.833. The Morgan fingerprint density at radius 2 is 1.90 bits per heavy atom. The van der Waals surface area contributed by atoms with Crippen LogP contribution >= 0.6 is 0 Å². The molecule has 0 aromatic carbocycles. The molecule has 0 saturated carbocycles. The van der Waals surface area contributed by atoms with Crippen molar-refractivity contribution in [3.63, 3.8) is 0 Å². The van der Waals surface area contributed by atoms with Gasteiger partial charge in [0.1, 0.15) is 6.04 Å². The molecule has 0 spiro atoms. The van der Waals surface area contributed by atoms with E-state index in [0.29, 0.717) is 26.2 Å². The van der Waals surface area contributed by atoms with E-state index in [9.17, 15) is 9.59 Å². The van der Waals surface area contributed by atoms with Gasteiger partial charge in [0, 0.05) is 32.7 Å². The van der Waals surface area contributed by atoms with Gasteiger partial charge in [0.05, 0.1) is 6.42 Å². The molecular formula is C12H28N6O2. The summed E-state index contributed by atoms with van der Waals surface area (Å²) >= 11 is 0. The van der Waals surface area contributed by atoms with E-state index in [1.807, 2.05) is 0 Å². The highest BCUT2D eigenvalue weighted by Crippen LogP contribution is 1.91. The third-order valence-electron chi connectivity index (χ3n) is 2.58. The molecule has 20 heavy (non-hydrogen) atoms. The van der Waals surface area contributed by atoms with Crippen LogP contribution in [0.5, 0.6) is 0 Å². The molecule has 8 heteroatoms. The van der Waals surface area contributed by atoms with Gasteiger partial charge in [-0.3, -0.25) is 15.0 Å². The molecule has 2 amide bonds. The topological polar surface area (TPSA) is 134 Å². The predicted molar refractivity (Wildman–Crippen MR) is 78.6 cm³/mol. The van der Waals surface area contributed by atoms with Gasteiger partial charge < -0.3 is 22.1 Å². The highest BCUT2D eigenvalue weighted by molar-refractivity contribution is 5.87. The molecule has 0 aromatic rings.